The Morgan fingerprint density at radius 1 is 0.692 bits per heavy atom. The first kappa shape index (κ1) is 14.6. The van der Waals surface area contributed by atoms with Crippen molar-refractivity contribution in [1.82, 2.24) is 4.98 Å². The molecule has 26 heavy (non-hydrogen) atoms. The van der Waals surface area contributed by atoms with Crippen molar-refractivity contribution < 1.29 is 5.11 Å². The summed E-state index contributed by atoms with van der Waals surface area (Å²) >= 11 is 0. The van der Waals surface area contributed by atoms with E-state index in [-0.39, 0.29) is 0 Å². The first-order valence-corrected chi connectivity index (χ1v) is 8.26. The molecule has 0 unspecified atom stereocenters. The average Bonchev–Trinajstić information content (AvgIpc) is 3.39. The van der Waals surface area contributed by atoms with Gasteiger partial charge in [-0.25, -0.2) is 15.0 Å². The number of rotatable bonds is 0. The molecular weight excluding hydrogens is 324 g/mol. The smallest absolute Gasteiger partial charge is 0.0907 e. The molecule has 5 rings (SSSR count). The van der Waals surface area contributed by atoms with Gasteiger partial charge in [0.15, 0.2) is 0 Å². The highest BCUT2D eigenvalue weighted by Gasteiger charge is 2.18. The van der Waals surface area contributed by atoms with E-state index in [0.717, 1.165) is 40.5 Å². The van der Waals surface area contributed by atoms with E-state index in [2.05, 4.69) is 20.0 Å². The highest BCUT2D eigenvalue weighted by atomic mass is 16.2. The highest BCUT2D eigenvalue weighted by Crippen LogP contribution is 2.23. The standard InChI is InChI=1S/C21H14N4O/c26-12-19-20-7-5-17(24-20)10-15-3-1-13(22-15)9-14-2-4-16(23-14)11-18-6-8-21(19)25-18/h1-12,22,26H/b14-9?,17-10?,18-11?,19-12+. The third kappa shape index (κ3) is 2.56. The number of allylic oxidation sites excluding steroid dienone is 8. The molecule has 0 fully saturated rings. The van der Waals surface area contributed by atoms with Crippen LogP contribution in [-0.4, -0.2) is 27.2 Å². The topological polar surface area (TPSA) is 73.1 Å². The van der Waals surface area contributed by atoms with Gasteiger partial charge in [0, 0.05) is 11.4 Å². The van der Waals surface area contributed by atoms with E-state index < -0.39 is 0 Å². The van der Waals surface area contributed by atoms with Crippen LogP contribution in [0.2, 0.25) is 0 Å². The lowest BCUT2D eigenvalue weighted by Gasteiger charge is -2.02. The Morgan fingerprint density at radius 3 is 1.92 bits per heavy atom. The van der Waals surface area contributed by atoms with Crippen LogP contribution < -0.4 is 0 Å². The summed E-state index contributed by atoms with van der Waals surface area (Å²) in [7, 11) is 0. The van der Waals surface area contributed by atoms with Crippen LogP contribution in [0, 0.1) is 0 Å². The Kier molecular flexibility index (Phi) is 3.18. The second-order valence-corrected chi connectivity index (χ2v) is 6.15. The third-order valence-corrected chi connectivity index (χ3v) is 4.32. The first-order chi connectivity index (χ1) is 12.8. The van der Waals surface area contributed by atoms with Gasteiger partial charge in [0.1, 0.15) is 0 Å². The Labute approximate surface area is 149 Å². The number of nitrogens with one attached hydrogen (secondary N) is 1. The SMILES string of the molecule is O/C=C1/C2=NC(=CC3=NC(=Cc4ccc([nH]4)C=C4C=CC1=N4)C=C3)C=C2. The third-order valence-electron chi connectivity index (χ3n) is 4.32. The van der Waals surface area contributed by atoms with Crippen molar-refractivity contribution in [3.63, 3.8) is 0 Å². The summed E-state index contributed by atoms with van der Waals surface area (Å²) in [5.41, 5.74) is 7.21. The van der Waals surface area contributed by atoms with Gasteiger partial charge in [0.25, 0.3) is 0 Å². The number of hydrogen-bond donors (Lipinski definition) is 2. The van der Waals surface area contributed by atoms with Gasteiger partial charge in [0.2, 0.25) is 0 Å². The van der Waals surface area contributed by atoms with Crippen LogP contribution >= 0.6 is 0 Å². The van der Waals surface area contributed by atoms with Crippen molar-refractivity contribution in [2.75, 3.05) is 0 Å². The van der Waals surface area contributed by atoms with E-state index in [0.29, 0.717) is 17.0 Å². The van der Waals surface area contributed by atoms with Crippen molar-refractivity contribution >= 4 is 29.3 Å². The Hall–Kier alpha value is -3.73. The van der Waals surface area contributed by atoms with Crippen LogP contribution in [0.25, 0.3) is 12.2 Å². The Morgan fingerprint density at radius 2 is 1.27 bits per heavy atom. The lowest BCUT2D eigenvalue weighted by molar-refractivity contribution is 0.472. The predicted molar refractivity (Wildman–Crippen MR) is 105 cm³/mol. The van der Waals surface area contributed by atoms with Crippen LogP contribution in [0.1, 0.15) is 11.4 Å². The van der Waals surface area contributed by atoms with Gasteiger partial charge < -0.3 is 10.1 Å². The fraction of sp³-hybridized carbons (Fsp3) is 0. The van der Waals surface area contributed by atoms with Gasteiger partial charge in [-0.3, -0.25) is 0 Å². The van der Waals surface area contributed by atoms with Gasteiger partial charge in [-0.05, 0) is 66.8 Å². The molecular formula is C21H14N4O. The highest BCUT2D eigenvalue weighted by molar-refractivity contribution is 6.33. The minimum absolute atomic E-state index is 0.591. The summed E-state index contributed by atoms with van der Waals surface area (Å²) in [5, 5.41) is 9.72. The number of nitrogens with zero attached hydrogens (tertiary/aromatic N) is 3. The first-order valence-electron chi connectivity index (χ1n) is 8.26. The molecule has 124 valence electrons. The van der Waals surface area contributed by atoms with E-state index in [9.17, 15) is 5.11 Å². The van der Waals surface area contributed by atoms with Gasteiger partial charge in [-0.2, -0.15) is 0 Å². The largest absolute Gasteiger partial charge is 0.515 e. The number of fused-ring (bicyclic) bond motifs is 5. The zero-order valence-corrected chi connectivity index (χ0v) is 13.7. The van der Waals surface area contributed by atoms with Crippen LogP contribution in [-0.2, 0) is 0 Å². The molecule has 0 aliphatic carbocycles. The van der Waals surface area contributed by atoms with Gasteiger partial charge >= 0.3 is 0 Å². The zero-order chi connectivity index (χ0) is 17.5. The van der Waals surface area contributed by atoms with E-state index in [1.165, 1.54) is 0 Å². The number of aliphatic imine (C=N–C) groups is 3. The maximum Gasteiger partial charge on any atom is 0.0907 e. The minimum atomic E-state index is 0.591. The number of aromatic amines is 1. The van der Waals surface area contributed by atoms with Gasteiger partial charge in [-0.1, -0.05) is 0 Å². The number of hydrogen-bond acceptors (Lipinski definition) is 4. The normalized spacial score (nSPS) is 21.5. The van der Waals surface area contributed by atoms with E-state index in [1.54, 1.807) is 0 Å². The van der Waals surface area contributed by atoms with Crippen molar-refractivity contribution in [3.05, 3.63) is 95.0 Å². The summed E-state index contributed by atoms with van der Waals surface area (Å²) in [5.74, 6) is 0. The van der Waals surface area contributed by atoms with Crippen LogP contribution in [0.15, 0.2) is 98.6 Å². The zero-order valence-electron chi connectivity index (χ0n) is 13.7. The maximum atomic E-state index is 9.72. The summed E-state index contributed by atoms with van der Waals surface area (Å²) < 4.78 is 0. The van der Waals surface area contributed by atoms with Gasteiger partial charge in [-0.15, -0.1) is 0 Å². The summed E-state index contributed by atoms with van der Waals surface area (Å²) in [4.78, 5) is 17.1. The summed E-state index contributed by atoms with van der Waals surface area (Å²) in [6, 6.07) is 4.01. The summed E-state index contributed by atoms with van der Waals surface area (Å²) in [6.07, 6.45) is 18.4. The van der Waals surface area contributed by atoms with Crippen molar-refractivity contribution in [1.29, 1.82) is 0 Å². The molecule has 0 aromatic carbocycles. The van der Waals surface area contributed by atoms with Crippen LogP contribution in [0.3, 0.4) is 0 Å². The molecule has 2 N–H and O–H groups in total. The molecule has 0 saturated carbocycles. The molecule has 5 heterocycles. The van der Waals surface area contributed by atoms with Crippen LogP contribution in [0.5, 0.6) is 0 Å². The van der Waals surface area contributed by atoms with E-state index in [4.69, 9.17) is 0 Å². The molecule has 0 atom stereocenters. The quantitative estimate of drug-likeness (QED) is 0.688. The molecule has 4 aliphatic rings. The average molecular weight is 338 g/mol. The summed E-state index contributed by atoms with van der Waals surface area (Å²) in [6.45, 7) is 0. The molecule has 0 spiro atoms. The number of aliphatic hydroxyl groups excluding tert-OH is 1. The molecule has 5 nitrogen and oxygen atoms in total. The predicted octanol–water partition coefficient (Wildman–Crippen LogP) is 4.07. The minimum Gasteiger partial charge on any atom is -0.515 e. The number of H-pyrrole nitrogens is 1. The van der Waals surface area contributed by atoms with E-state index >= 15 is 0 Å². The second-order valence-electron chi connectivity index (χ2n) is 6.15. The lowest BCUT2D eigenvalue weighted by atomic mass is 10.1. The fourth-order valence-corrected chi connectivity index (χ4v) is 3.10. The van der Waals surface area contributed by atoms with Crippen molar-refractivity contribution in [3.8, 4) is 0 Å². The molecule has 0 saturated heterocycles. The van der Waals surface area contributed by atoms with Crippen molar-refractivity contribution in [2.24, 2.45) is 15.0 Å². The fourth-order valence-electron chi connectivity index (χ4n) is 3.10. The lowest BCUT2D eigenvalue weighted by Crippen LogP contribution is -2.07. The molecule has 8 bridgehead atoms. The van der Waals surface area contributed by atoms with Gasteiger partial charge in [0.05, 0.1) is 46.1 Å². The Bertz CT molecular complexity index is 1120. The molecule has 1 aromatic rings. The second kappa shape index (κ2) is 5.67. The number of aliphatic hydroxyl groups is 1. The van der Waals surface area contributed by atoms with E-state index in [1.807, 2.05) is 66.8 Å². The van der Waals surface area contributed by atoms with Crippen molar-refractivity contribution in [2.45, 2.75) is 0 Å². The molecule has 4 aliphatic heterocycles. The molecule has 5 heteroatoms. The molecule has 0 radical (unpaired) electrons. The van der Waals surface area contributed by atoms with Crippen LogP contribution in [0.4, 0.5) is 0 Å². The monoisotopic (exact) mass is 338 g/mol. The Balaban J connectivity index is 1.68. The maximum absolute atomic E-state index is 9.72. The molecule has 1 aromatic heterocycles. The number of aromatic nitrogens is 1. The molecule has 0 amide bonds.